The average Bonchev–Trinajstić information content (AvgIpc) is 2.18. The Morgan fingerprint density at radius 2 is 2.53 bits per heavy atom. The van der Waals surface area contributed by atoms with Gasteiger partial charge in [-0.25, -0.2) is 9.98 Å². The number of halogens is 1. The Kier molecular flexibility index (Phi) is 4.37. The van der Waals surface area contributed by atoms with Crippen LogP contribution in [0.4, 0.5) is 10.1 Å². The largest absolute Gasteiger partial charge is 0.299 e. The molecular weight excluding hydrogens is 217 g/mol. The Morgan fingerprint density at radius 3 is 3.13 bits per heavy atom. The molecule has 7 heteroatoms. The number of guanidine groups is 1. The van der Waals surface area contributed by atoms with Gasteiger partial charge in [-0.2, -0.15) is 9.65 Å². The van der Waals surface area contributed by atoms with Gasteiger partial charge in [-0.05, 0) is 6.07 Å². The van der Waals surface area contributed by atoms with E-state index in [1.54, 1.807) is 12.4 Å². The van der Waals surface area contributed by atoms with Crippen LogP contribution < -0.4 is 10.0 Å². The monoisotopic (exact) mass is 225 g/mol. The number of nitriles is 1. The van der Waals surface area contributed by atoms with Gasteiger partial charge in [-0.15, -0.1) is 0 Å². The topological polar surface area (TPSA) is 73.1 Å². The summed E-state index contributed by atoms with van der Waals surface area (Å²) in [4.78, 5) is 7.36. The molecule has 0 spiro atoms. The minimum atomic E-state index is -0.614. The molecule has 1 aromatic heterocycles. The first-order valence-electron chi connectivity index (χ1n) is 3.90. The molecule has 1 aromatic rings. The van der Waals surface area contributed by atoms with Crippen molar-refractivity contribution in [1.29, 1.82) is 5.26 Å². The summed E-state index contributed by atoms with van der Waals surface area (Å²) in [5.74, 6) is -0.368. The third-order valence-corrected chi connectivity index (χ3v) is 1.72. The van der Waals surface area contributed by atoms with Gasteiger partial charge in [0.2, 0.25) is 11.9 Å². The van der Waals surface area contributed by atoms with E-state index < -0.39 is 5.95 Å². The van der Waals surface area contributed by atoms with Crippen LogP contribution in [0, 0.1) is 17.4 Å². The molecular formula is C8H8FN5S. The summed E-state index contributed by atoms with van der Waals surface area (Å²) in [5, 5.41) is 10.8. The van der Waals surface area contributed by atoms with Crippen LogP contribution in [0.25, 0.3) is 0 Å². The maximum Gasteiger partial charge on any atom is 0.220 e. The molecule has 1 rings (SSSR count). The Bertz CT molecular complexity index is 400. The molecule has 0 aliphatic rings. The number of rotatable bonds is 2. The smallest absolute Gasteiger partial charge is 0.220 e. The number of hydrogen-bond acceptors (Lipinski definition) is 4. The first kappa shape index (κ1) is 11.3. The molecule has 0 aromatic carbocycles. The zero-order valence-corrected chi connectivity index (χ0v) is 8.68. The van der Waals surface area contributed by atoms with Gasteiger partial charge in [-0.3, -0.25) is 10.0 Å². The summed E-state index contributed by atoms with van der Waals surface area (Å²) in [6.07, 6.45) is 4.80. The van der Waals surface area contributed by atoms with E-state index in [0.29, 0.717) is 5.69 Å². The highest BCUT2D eigenvalue weighted by atomic mass is 32.2. The summed E-state index contributed by atoms with van der Waals surface area (Å²) >= 11 is 1.27. The highest BCUT2D eigenvalue weighted by Gasteiger charge is 1.98. The standard InChI is InChI=1S/C8H8FN5S/c1-15-14-8(12-5-10)13-6-2-3-11-7(9)4-6/h2-4H,1H3,(H2,11,12,13,14). The van der Waals surface area contributed by atoms with Gasteiger partial charge in [0.1, 0.15) is 0 Å². The third kappa shape index (κ3) is 3.83. The van der Waals surface area contributed by atoms with Crippen LogP contribution in [0.3, 0.4) is 0 Å². The fraction of sp³-hybridized carbons (Fsp3) is 0.125. The van der Waals surface area contributed by atoms with Crippen LogP contribution >= 0.6 is 11.9 Å². The Hall–Kier alpha value is -1.81. The van der Waals surface area contributed by atoms with E-state index in [4.69, 9.17) is 5.26 Å². The van der Waals surface area contributed by atoms with E-state index in [0.717, 1.165) is 0 Å². The van der Waals surface area contributed by atoms with Gasteiger partial charge in [0.15, 0.2) is 6.19 Å². The SMILES string of the molecule is CSNC(=Nc1ccnc(F)c1)NC#N. The van der Waals surface area contributed by atoms with Crippen LogP contribution in [0.15, 0.2) is 23.3 Å². The predicted octanol–water partition coefficient (Wildman–Crippen LogP) is 1.15. The lowest BCUT2D eigenvalue weighted by atomic mass is 10.4. The van der Waals surface area contributed by atoms with E-state index >= 15 is 0 Å². The summed E-state index contributed by atoms with van der Waals surface area (Å²) in [7, 11) is 0. The third-order valence-electron chi connectivity index (χ3n) is 1.32. The highest BCUT2D eigenvalue weighted by molar-refractivity contribution is 7.97. The molecule has 0 saturated carbocycles. The molecule has 78 valence electrons. The van der Waals surface area contributed by atoms with Gasteiger partial charge in [0.25, 0.3) is 0 Å². The maximum atomic E-state index is 12.7. The van der Waals surface area contributed by atoms with Crippen LogP contribution in [0.2, 0.25) is 0 Å². The zero-order valence-electron chi connectivity index (χ0n) is 7.86. The van der Waals surface area contributed by atoms with Gasteiger partial charge < -0.3 is 0 Å². The maximum absolute atomic E-state index is 12.7. The average molecular weight is 225 g/mol. The van der Waals surface area contributed by atoms with Crippen molar-refractivity contribution >= 4 is 23.6 Å². The van der Waals surface area contributed by atoms with Crippen LogP contribution in [-0.4, -0.2) is 17.2 Å². The lowest BCUT2D eigenvalue weighted by Gasteiger charge is -2.03. The number of aromatic nitrogens is 1. The first-order valence-corrected chi connectivity index (χ1v) is 5.13. The van der Waals surface area contributed by atoms with Crippen molar-refractivity contribution in [3.63, 3.8) is 0 Å². The molecule has 0 aliphatic carbocycles. The molecule has 0 fully saturated rings. The summed E-state index contributed by atoms with van der Waals surface area (Å²) in [6, 6.07) is 2.70. The number of nitrogens with zero attached hydrogens (tertiary/aromatic N) is 3. The normalized spacial score (nSPS) is 10.6. The Labute approximate surface area is 90.6 Å². The lowest BCUT2D eigenvalue weighted by molar-refractivity contribution is 0.584. The van der Waals surface area contributed by atoms with Crippen molar-refractivity contribution in [2.45, 2.75) is 0 Å². The first-order chi connectivity index (χ1) is 7.26. The minimum absolute atomic E-state index is 0.246. The van der Waals surface area contributed by atoms with Crippen LogP contribution in [0.1, 0.15) is 0 Å². The molecule has 0 atom stereocenters. The molecule has 15 heavy (non-hydrogen) atoms. The molecule has 0 radical (unpaired) electrons. The molecule has 2 N–H and O–H groups in total. The second-order valence-electron chi connectivity index (χ2n) is 2.34. The number of pyridine rings is 1. The molecule has 0 amide bonds. The molecule has 0 unspecified atom stereocenters. The van der Waals surface area contributed by atoms with Crippen molar-refractivity contribution in [1.82, 2.24) is 15.0 Å². The number of aliphatic imine (C=N–C) groups is 1. The lowest BCUT2D eigenvalue weighted by Crippen LogP contribution is -2.29. The van der Waals surface area contributed by atoms with E-state index in [1.165, 1.54) is 30.3 Å². The van der Waals surface area contributed by atoms with Crippen molar-refractivity contribution in [2.75, 3.05) is 6.26 Å². The molecule has 5 nitrogen and oxygen atoms in total. The second kappa shape index (κ2) is 5.82. The van der Waals surface area contributed by atoms with Gasteiger partial charge in [-0.1, -0.05) is 11.9 Å². The number of hydrogen-bond donors (Lipinski definition) is 2. The van der Waals surface area contributed by atoms with E-state index in [1.807, 2.05) is 0 Å². The number of nitrogens with one attached hydrogen (secondary N) is 2. The van der Waals surface area contributed by atoms with Crippen LogP contribution in [-0.2, 0) is 0 Å². The quantitative estimate of drug-likeness (QED) is 0.197. The zero-order chi connectivity index (χ0) is 11.1. The molecule has 1 heterocycles. The van der Waals surface area contributed by atoms with E-state index in [9.17, 15) is 4.39 Å². The van der Waals surface area contributed by atoms with Crippen molar-refractivity contribution in [2.24, 2.45) is 4.99 Å². The van der Waals surface area contributed by atoms with Crippen LogP contribution in [0.5, 0.6) is 0 Å². The van der Waals surface area contributed by atoms with Gasteiger partial charge >= 0.3 is 0 Å². The summed E-state index contributed by atoms with van der Waals surface area (Å²) < 4.78 is 15.4. The van der Waals surface area contributed by atoms with E-state index in [-0.39, 0.29) is 5.96 Å². The highest BCUT2D eigenvalue weighted by Crippen LogP contribution is 2.10. The van der Waals surface area contributed by atoms with E-state index in [2.05, 4.69) is 20.0 Å². The Balaban J connectivity index is 2.87. The van der Waals surface area contributed by atoms with Crippen molar-refractivity contribution < 1.29 is 4.39 Å². The fourth-order valence-corrected chi connectivity index (χ4v) is 1.11. The fourth-order valence-electron chi connectivity index (χ4n) is 0.817. The predicted molar refractivity (Wildman–Crippen MR) is 56.7 cm³/mol. The summed E-state index contributed by atoms with van der Waals surface area (Å²) in [6.45, 7) is 0. The molecule has 0 aliphatic heterocycles. The molecule has 0 bridgehead atoms. The van der Waals surface area contributed by atoms with Crippen molar-refractivity contribution in [3.05, 3.63) is 24.3 Å². The second-order valence-corrected chi connectivity index (χ2v) is 2.95. The van der Waals surface area contributed by atoms with Crippen molar-refractivity contribution in [3.8, 4) is 6.19 Å². The molecule has 0 saturated heterocycles. The minimum Gasteiger partial charge on any atom is -0.299 e. The van der Waals surface area contributed by atoms with Gasteiger partial charge in [0.05, 0.1) is 5.69 Å². The van der Waals surface area contributed by atoms with Gasteiger partial charge in [0, 0.05) is 18.5 Å². The Morgan fingerprint density at radius 1 is 1.73 bits per heavy atom. The summed E-state index contributed by atoms with van der Waals surface area (Å²) in [5.41, 5.74) is 0.377.